The Bertz CT molecular complexity index is 445. The second kappa shape index (κ2) is 4.77. The van der Waals surface area contributed by atoms with E-state index in [1.165, 1.54) is 34.1 Å². The zero-order chi connectivity index (χ0) is 10.7. The van der Waals surface area contributed by atoms with Gasteiger partial charge in [-0.3, -0.25) is 0 Å². The van der Waals surface area contributed by atoms with E-state index in [1.54, 1.807) is 0 Å². The molecule has 80 valence electrons. The predicted octanol–water partition coefficient (Wildman–Crippen LogP) is 3.36. The molecule has 1 heterocycles. The molecule has 0 aliphatic heterocycles. The van der Waals surface area contributed by atoms with Crippen LogP contribution in [0.3, 0.4) is 0 Å². The third kappa shape index (κ3) is 2.39. The highest BCUT2D eigenvalue weighted by Crippen LogP contribution is 2.26. The highest BCUT2D eigenvalue weighted by atomic mass is 32.1. The summed E-state index contributed by atoms with van der Waals surface area (Å²) in [5.41, 5.74) is 2.86. The van der Waals surface area contributed by atoms with Gasteiger partial charge in [0.25, 0.3) is 0 Å². The normalized spacial score (nSPS) is 11.1. The molecule has 15 heavy (non-hydrogen) atoms. The summed E-state index contributed by atoms with van der Waals surface area (Å²) in [7, 11) is 2.01. The number of nitrogens with one attached hydrogen (secondary N) is 1. The molecule has 1 aromatic carbocycles. The first kappa shape index (κ1) is 10.7. The fourth-order valence-corrected chi connectivity index (χ4v) is 2.84. The first-order valence-corrected chi connectivity index (χ1v) is 6.30. The van der Waals surface area contributed by atoms with Crippen molar-refractivity contribution in [3.63, 3.8) is 0 Å². The van der Waals surface area contributed by atoms with E-state index < -0.39 is 0 Å². The van der Waals surface area contributed by atoms with Crippen molar-refractivity contribution in [3.05, 3.63) is 34.7 Å². The molecule has 0 atom stereocenters. The van der Waals surface area contributed by atoms with Crippen LogP contribution in [-0.2, 0) is 6.42 Å². The Morgan fingerprint density at radius 3 is 3.00 bits per heavy atom. The molecular formula is C13H17NS. The number of rotatable bonds is 4. The average Bonchev–Trinajstić information content (AvgIpc) is 2.61. The highest BCUT2D eigenvalue weighted by molar-refractivity contribution is 7.17. The topological polar surface area (TPSA) is 12.0 Å². The summed E-state index contributed by atoms with van der Waals surface area (Å²) in [6.45, 7) is 3.28. The van der Waals surface area contributed by atoms with Crippen LogP contribution in [0, 0.1) is 6.92 Å². The lowest BCUT2D eigenvalue weighted by atomic mass is 10.1. The lowest BCUT2D eigenvalue weighted by Crippen LogP contribution is -2.08. The minimum atomic E-state index is 1.10. The Hall–Kier alpha value is -0.860. The van der Waals surface area contributed by atoms with Crippen LogP contribution >= 0.6 is 11.3 Å². The maximum Gasteiger partial charge on any atom is 0.0348 e. The van der Waals surface area contributed by atoms with Crippen molar-refractivity contribution in [2.24, 2.45) is 0 Å². The minimum Gasteiger partial charge on any atom is -0.320 e. The second-order valence-corrected chi connectivity index (χ2v) is 4.87. The van der Waals surface area contributed by atoms with Crippen molar-refractivity contribution < 1.29 is 0 Å². The first-order chi connectivity index (χ1) is 7.31. The number of hydrogen-bond acceptors (Lipinski definition) is 2. The van der Waals surface area contributed by atoms with Crippen molar-refractivity contribution in [2.45, 2.75) is 19.8 Å². The molecule has 0 unspecified atom stereocenters. The van der Waals surface area contributed by atoms with Crippen molar-refractivity contribution in [1.29, 1.82) is 0 Å². The van der Waals surface area contributed by atoms with Gasteiger partial charge in [0.05, 0.1) is 0 Å². The van der Waals surface area contributed by atoms with E-state index in [0.29, 0.717) is 0 Å². The molecule has 0 saturated heterocycles. The van der Waals surface area contributed by atoms with E-state index in [2.05, 4.69) is 35.8 Å². The third-order valence-electron chi connectivity index (χ3n) is 2.73. The lowest BCUT2D eigenvalue weighted by Gasteiger charge is -2.01. The fourth-order valence-electron chi connectivity index (χ4n) is 1.83. The van der Waals surface area contributed by atoms with Crippen molar-refractivity contribution in [2.75, 3.05) is 13.6 Å². The number of fused-ring (bicyclic) bond motifs is 1. The second-order valence-electron chi connectivity index (χ2n) is 3.96. The Morgan fingerprint density at radius 1 is 1.33 bits per heavy atom. The van der Waals surface area contributed by atoms with Gasteiger partial charge in [-0.1, -0.05) is 12.1 Å². The van der Waals surface area contributed by atoms with Gasteiger partial charge in [-0.15, -0.1) is 11.3 Å². The molecule has 0 aliphatic carbocycles. The molecule has 0 radical (unpaired) electrons. The zero-order valence-corrected chi connectivity index (χ0v) is 10.2. The van der Waals surface area contributed by atoms with Crippen LogP contribution in [0.15, 0.2) is 23.6 Å². The van der Waals surface area contributed by atoms with Crippen LogP contribution in [0.25, 0.3) is 10.1 Å². The summed E-state index contributed by atoms with van der Waals surface area (Å²) < 4.78 is 1.43. The van der Waals surface area contributed by atoms with Gasteiger partial charge in [-0.25, -0.2) is 0 Å². The van der Waals surface area contributed by atoms with E-state index in [0.717, 1.165) is 6.54 Å². The maximum absolute atomic E-state index is 3.18. The molecule has 2 aromatic rings. The molecule has 2 heteroatoms. The Balaban J connectivity index is 2.16. The van der Waals surface area contributed by atoms with Crippen LogP contribution < -0.4 is 5.32 Å². The minimum absolute atomic E-state index is 1.10. The summed E-state index contributed by atoms with van der Waals surface area (Å²) in [6, 6.07) is 6.86. The van der Waals surface area contributed by atoms with E-state index in [1.807, 2.05) is 18.4 Å². The van der Waals surface area contributed by atoms with Crippen LogP contribution in [0.1, 0.15) is 17.5 Å². The Morgan fingerprint density at radius 2 is 2.20 bits per heavy atom. The fraction of sp³-hybridized carbons (Fsp3) is 0.385. The molecule has 0 aliphatic rings. The molecule has 0 bridgehead atoms. The van der Waals surface area contributed by atoms with Crippen LogP contribution in [0.4, 0.5) is 0 Å². The van der Waals surface area contributed by atoms with Crippen LogP contribution in [-0.4, -0.2) is 13.6 Å². The molecule has 0 spiro atoms. The summed E-state index contributed by atoms with van der Waals surface area (Å²) >= 11 is 1.85. The number of thiophene rings is 1. The monoisotopic (exact) mass is 219 g/mol. The first-order valence-electron chi connectivity index (χ1n) is 5.42. The number of aryl methyl sites for hydroxylation is 2. The van der Waals surface area contributed by atoms with Gasteiger partial charge < -0.3 is 5.32 Å². The lowest BCUT2D eigenvalue weighted by molar-refractivity contribution is 0.725. The summed E-state index contributed by atoms with van der Waals surface area (Å²) in [5, 5.41) is 6.83. The van der Waals surface area contributed by atoms with Gasteiger partial charge in [-0.05, 0) is 61.3 Å². The molecular weight excluding hydrogens is 202 g/mol. The number of hydrogen-bond donors (Lipinski definition) is 1. The molecule has 1 nitrogen and oxygen atoms in total. The number of benzene rings is 1. The molecule has 1 N–H and O–H groups in total. The summed E-state index contributed by atoms with van der Waals surface area (Å²) in [5.74, 6) is 0. The van der Waals surface area contributed by atoms with Gasteiger partial charge in [0.1, 0.15) is 0 Å². The van der Waals surface area contributed by atoms with Crippen molar-refractivity contribution in [3.8, 4) is 0 Å². The Labute approximate surface area is 95.1 Å². The summed E-state index contributed by atoms with van der Waals surface area (Å²) in [4.78, 5) is 0. The smallest absolute Gasteiger partial charge is 0.0348 e. The quantitative estimate of drug-likeness (QED) is 0.777. The van der Waals surface area contributed by atoms with Crippen LogP contribution in [0.5, 0.6) is 0 Å². The van der Waals surface area contributed by atoms with Gasteiger partial charge in [0, 0.05) is 4.70 Å². The van der Waals surface area contributed by atoms with Crippen LogP contribution in [0.2, 0.25) is 0 Å². The third-order valence-corrected chi connectivity index (χ3v) is 3.79. The highest BCUT2D eigenvalue weighted by Gasteiger charge is 2.00. The molecule has 2 rings (SSSR count). The van der Waals surface area contributed by atoms with E-state index in [9.17, 15) is 0 Å². The molecule has 1 aromatic heterocycles. The van der Waals surface area contributed by atoms with Gasteiger partial charge in [0.2, 0.25) is 0 Å². The van der Waals surface area contributed by atoms with E-state index >= 15 is 0 Å². The van der Waals surface area contributed by atoms with Gasteiger partial charge >= 0.3 is 0 Å². The largest absolute Gasteiger partial charge is 0.320 e. The van der Waals surface area contributed by atoms with Gasteiger partial charge in [0.15, 0.2) is 0 Å². The standard InChI is InChI=1S/C13H17NS/c1-10-9-15-13-8-11(4-3-7-14-2)5-6-12(10)13/h5-6,8-9,14H,3-4,7H2,1-2H3. The SMILES string of the molecule is CNCCCc1ccc2c(C)csc2c1. The van der Waals surface area contributed by atoms with Crippen molar-refractivity contribution >= 4 is 21.4 Å². The van der Waals surface area contributed by atoms with E-state index in [4.69, 9.17) is 0 Å². The molecule has 0 saturated carbocycles. The van der Waals surface area contributed by atoms with E-state index in [-0.39, 0.29) is 0 Å². The molecule has 0 amide bonds. The van der Waals surface area contributed by atoms with Gasteiger partial charge in [-0.2, -0.15) is 0 Å². The van der Waals surface area contributed by atoms with Crippen molar-refractivity contribution in [1.82, 2.24) is 5.32 Å². The molecule has 0 fully saturated rings. The predicted molar refractivity (Wildman–Crippen MR) is 68.8 cm³/mol. The average molecular weight is 219 g/mol. The Kier molecular flexibility index (Phi) is 3.39. The summed E-state index contributed by atoms with van der Waals surface area (Å²) in [6.07, 6.45) is 2.39. The maximum atomic E-state index is 3.18. The zero-order valence-electron chi connectivity index (χ0n) is 9.34.